The van der Waals surface area contributed by atoms with Crippen molar-refractivity contribution in [3.05, 3.63) is 29.3 Å². The Balaban J connectivity index is 3.26. The lowest BCUT2D eigenvalue weighted by Crippen LogP contribution is -2.30. The van der Waals surface area contributed by atoms with Gasteiger partial charge in [-0.15, -0.1) is 0 Å². The Bertz CT molecular complexity index is 483. The third-order valence-electron chi connectivity index (χ3n) is 2.07. The molecule has 1 aromatic carbocycles. The lowest BCUT2D eigenvalue weighted by Gasteiger charge is -2.13. The van der Waals surface area contributed by atoms with Crippen LogP contribution >= 0.6 is 0 Å². The number of ether oxygens (including phenoxy) is 1. The smallest absolute Gasteiger partial charge is 0.417 e. The number of benzene rings is 1. The molecule has 0 atom stereocenters. The Kier molecular flexibility index (Phi) is 3.95. The highest BCUT2D eigenvalue weighted by Gasteiger charge is 2.35. The minimum Gasteiger partial charge on any atom is -0.497 e. The third-order valence-corrected chi connectivity index (χ3v) is 2.07. The molecular formula is C11H10F3NO3. The second kappa shape index (κ2) is 5.07. The quantitative estimate of drug-likeness (QED) is 0.885. The van der Waals surface area contributed by atoms with Crippen molar-refractivity contribution in [3.63, 3.8) is 0 Å². The summed E-state index contributed by atoms with van der Waals surface area (Å²) in [6, 6.07) is 2.87. The topological polar surface area (TPSA) is 55.4 Å². The third kappa shape index (κ3) is 3.22. The van der Waals surface area contributed by atoms with Gasteiger partial charge in [0, 0.05) is 6.92 Å². The van der Waals surface area contributed by atoms with Crippen LogP contribution in [0.25, 0.3) is 0 Å². The SMILES string of the molecule is COc1ccc(C(=O)NC(C)=O)c(C(F)(F)F)c1. The Labute approximate surface area is 101 Å². The average Bonchev–Trinajstić information content (AvgIpc) is 2.26. The maximum atomic E-state index is 12.7. The standard InChI is InChI=1S/C11H10F3NO3/c1-6(16)15-10(17)8-4-3-7(18-2)5-9(8)11(12,13)14/h3-5H,1-2H3,(H,15,16,17). The maximum absolute atomic E-state index is 12.7. The number of carbonyl (C=O) groups excluding carboxylic acids is 2. The zero-order valence-electron chi connectivity index (χ0n) is 9.59. The highest BCUT2D eigenvalue weighted by molar-refractivity contribution is 6.05. The molecule has 0 aliphatic heterocycles. The number of hydrogen-bond acceptors (Lipinski definition) is 3. The van der Waals surface area contributed by atoms with E-state index in [0.29, 0.717) is 6.07 Å². The number of hydrogen-bond donors (Lipinski definition) is 1. The second-order valence-corrected chi connectivity index (χ2v) is 3.42. The first-order chi connectivity index (χ1) is 8.25. The molecule has 1 rings (SSSR count). The van der Waals surface area contributed by atoms with E-state index in [-0.39, 0.29) is 5.75 Å². The Hall–Kier alpha value is -2.05. The number of carbonyl (C=O) groups is 2. The number of nitrogens with one attached hydrogen (secondary N) is 1. The van der Waals surface area contributed by atoms with E-state index in [9.17, 15) is 22.8 Å². The maximum Gasteiger partial charge on any atom is 0.417 e. The van der Waals surface area contributed by atoms with Gasteiger partial charge in [-0.25, -0.2) is 0 Å². The first kappa shape index (κ1) is 14.0. The molecule has 4 nitrogen and oxygen atoms in total. The second-order valence-electron chi connectivity index (χ2n) is 3.42. The number of amides is 2. The van der Waals surface area contributed by atoms with Crippen molar-refractivity contribution >= 4 is 11.8 Å². The van der Waals surface area contributed by atoms with Crippen molar-refractivity contribution in [1.82, 2.24) is 5.32 Å². The van der Waals surface area contributed by atoms with Gasteiger partial charge in [0.05, 0.1) is 18.2 Å². The molecule has 18 heavy (non-hydrogen) atoms. The summed E-state index contributed by atoms with van der Waals surface area (Å²) in [7, 11) is 1.21. The normalized spacial score (nSPS) is 10.9. The van der Waals surface area contributed by atoms with Crippen LogP contribution in [0.3, 0.4) is 0 Å². The molecule has 0 bridgehead atoms. The highest BCUT2D eigenvalue weighted by Crippen LogP contribution is 2.34. The Morgan fingerprint density at radius 3 is 2.33 bits per heavy atom. The average molecular weight is 261 g/mol. The molecule has 98 valence electrons. The van der Waals surface area contributed by atoms with E-state index < -0.39 is 29.1 Å². The van der Waals surface area contributed by atoms with Gasteiger partial charge in [0.25, 0.3) is 5.91 Å². The minimum absolute atomic E-state index is 0.0262. The van der Waals surface area contributed by atoms with Gasteiger partial charge < -0.3 is 4.74 Å². The first-order valence-electron chi connectivity index (χ1n) is 4.83. The highest BCUT2D eigenvalue weighted by atomic mass is 19.4. The van der Waals surface area contributed by atoms with Crippen LogP contribution in [0.4, 0.5) is 13.2 Å². The monoisotopic (exact) mass is 261 g/mol. The Morgan fingerprint density at radius 2 is 1.89 bits per heavy atom. The summed E-state index contributed by atoms with van der Waals surface area (Å²) in [6.45, 7) is 1.04. The summed E-state index contributed by atoms with van der Waals surface area (Å²) in [4.78, 5) is 22.1. The summed E-state index contributed by atoms with van der Waals surface area (Å²) < 4.78 is 42.9. The van der Waals surface area contributed by atoms with Crippen LogP contribution in [0.1, 0.15) is 22.8 Å². The van der Waals surface area contributed by atoms with Crippen molar-refractivity contribution in [2.24, 2.45) is 0 Å². The van der Waals surface area contributed by atoms with Gasteiger partial charge in [0.1, 0.15) is 5.75 Å². The molecule has 1 aromatic rings. The molecule has 0 spiro atoms. The van der Waals surface area contributed by atoms with Gasteiger partial charge in [-0.3, -0.25) is 14.9 Å². The van der Waals surface area contributed by atoms with Gasteiger partial charge in [0.15, 0.2) is 0 Å². The molecule has 0 unspecified atom stereocenters. The lowest BCUT2D eigenvalue weighted by atomic mass is 10.1. The fourth-order valence-corrected chi connectivity index (χ4v) is 1.31. The predicted octanol–water partition coefficient (Wildman–Crippen LogP) is 1.99. The number of imide groups is 1. The summed E-state index contributed by atoms with van der Waals surface area (Å²) in [5.41, 5.74) is -1.78. The van der Waals surface area contributed by atoms with E-state index in [2.05, 4.69) is 4.74 Å². The van der Waals surface area contributed by atoms with E-state index >= 15 is 0 Å². The van der Waals surface area contributed by atoms with Crippen molar-refractivity contribution < 1.29 is 27.5 Å². The molecule has 0 aliphatic rings. The lowest BCUT2D eigenvalue weighted by molar-refractivity contribution is -0.138. The van der Waals surface area contributed by atoms with Crippen LogP contribution in [0.2, 0.25) is 0 Å². The van der Waals surface area contributed by atoms with Crippen LogP contribution in [0.5, 0.6) is 5.75 Å². The molecule has 0 aromatic heterocycles. The number of alkyl halides is 3. The van der Waals surface area contributed by atoms with Crippen LogP contribution in [-0.4, -0.2) is 18.9 Å². The molecule has 0 saturated carbocycles. The van der Waals surface area contributed by atoms with Crippen LogP contribution in [0.15, 0.2) is 18.2 Å². The Morgan fingerprint density at radius 1 is 1.28 bits per heavy atom. The first-order valence-corrected chi connectivity index (χ1v) is 4.83. The molecule has 0 saturated heterocycles. The molecule has 7 heteroatoms. The van der Waals surface area contributed by atoms with Crippen LogP contribution in [-0.2, 0) is 11.0 Å². The largest absolute Gasteiger partial charge is 0.497 e. The summed E-state index contributed by atoms with van der Waals surface area (Å²) in [6.07, 6.45) is -4.71. The molecule has 0 aliphatic carbocycles. The zero-order chi connectivity index (χ0) is 13.9. The molecule has 0 fully saturated rings. The molecule has 2 amide bonds. The van der Waals surface area contributed by atoms with Crippen molar-refractivity contribution in [2.45, 2.75) is 13.1 Å². The van der Waals surface area contributed by atoms with E-state index in [1.54, 1.807) is 5.32 Å². The van der Waals surface area contributed by atoms with Crippen LogP contribution < -0.4 is 10.1 Å². The van der Waals surface area contributed by atoms with Crippen LogP contribution in [0, 0.1) is 0 Å². The van der Waals surface area contributed by atoms with Crippen molar-refractivity contribution in [1.29, 1.82) is 0 Å². The van der Waals surface area contributed by atoms with Gasteiger partial charge in [0.2, 0.25) is 5.91 Å². The van der Waals surface area contributed by atoms with Gasteiger partial charge >= 0.3 is 6.18 Å². The van der Waals surface area contributed by atoms with Crippen molar-refractivity contribution in [3.8, 4) is 5.75 Å². The van der Waals surface area contributed by atoms with E-state index in [1.165, 1.54) is 13.2 Å². The number of rotatable bonds is 2. The fourth-order valence-electron chi connectivity index (χ4n) is 1.31. The molecular weight excluding hydrogens is 251 g/mol. The molecule has 0 radical (unpaired) electrons. The molecule has 1 N–H and O–H groups in total. The molecule has 0 heterocycles. The predicted molar refractivity (Wildman–Crippen MR) is 56.1 cm³/mol. The van der Waals surface area contributed by atoms with E-state index in [0.717, 1.165) is 13.0 Å². The summed E-state index contributed by atoms with van der Waals surface area (Å²) in [5, 5.41) is 1.79. The van der Waals surface area contributed by atoms with Gasteiger partial charge in [-0.2, -0.15) is 13.2 Å². The minimum atomic E-state index is -4.71. The van der Waals surface area contributed by atoms with E-state index in [4.69, 9.17) is 0 Å². The number of halogens is 3. The number of methoxy groups -OCH3 is 1. The van der Waals surface area contributed by atoms with E-state index in [1.807, 2.05) is 0 Å². The van der Waals surface area contributed by atoms with Gasteiger partial charge in [-0.05, 0) is 18.2 Å². The van der Waals surface area contributed by atoms with Gasteiger partial charge in [-0.1, -0.05) is 0 Å². The van der Waals surface area contributed by atoms with Crippen molar-refractivity contribution in [2.75, 3.05) is 7.11 Å². The fraction of sp³-hybridized carbons (Fsp3) is 0.273. The summed E-state index contributed by atoms with van der Waals surface area (Å²) >= 11 is 0. The summed E-state index contributed by atoms with van der Waals surface area (Å²) in [5.74, 6) is -1.86. The zero-order valence-corrected chi connectivity index (χ0v) is 9.59.